The van der Waals surface area contributed by atoms with Gasteiger partial charge in [0.05, 0.1) is 5.92 Å². The van der Waals surface area contributed by atoms with Gasteiger partial charge in [0.1, 0.15) is 5.82 Å². The van der Waals surface area contributed by atoms with E-state index < -0.39 is 0 Å². The minimum absolute atomic E-state index is 0.0989. The molecule has 0 aliphatic carbocycles. The van der Waals surface area contributed by atoms with Gasteiger partial charge in [-0.2, -0.15) is 11.8 Å². The van der Waals surface area contributed by atoms with E-state index in [4.69, 9.17) is 5.73 Å². The lowest BCUT2D eigenvalue weighted by Crippen LogP contribution is -2.49. The third-order valence-electron chi connectivity index (χ3n) is 5.78. The van der Waals surface area contributed by atoms with Gasteiger partial charge >= 0.3 is 0 Å². The highest BCUT2D eigenvalue weighted by Crippen LogP contribution is 2.26. The second-order valence-electron chi connectivity index (χ2n) is 8.17. The van der Waals surface area contributed by atoms with Crippen molar-refractivity contribution in [1.82, 2.24) is 15.2 Å². The van der Waals surface area contributed by atoms with Gasteiger partial charge in [-0.25, -0.2) is 4.98 Å². The minimum Gasteiger partial charge on any atom is -0.369 e. The zero-order valence-corrected chi connectivity index (χ0v) is 18.6. The van der Waals surface area contributed by atoms with Gasteiger partial charge in [-0.05, 0) is 24.8 Å². The number of nitrogens with two attached hydrogens (primary N) is 1. The summed E-state index contributed by atoms with van der Waals surface area (Å²) in [5, 5.41) is 4.17. The molecule has 2 fully saturated rings. The summed E-state index contributed by atoms with van der Waals surface area (Å²) in [5.74, 6) is 3.36. The van der Waals surface area contributed by atoms with E-state index in [9.17, 15) is 4.79 Å². The molecule has 2 aliphatic heterocycles. The average Bonchev–Trinajstić information content (AvgIpc) is 2.74. The van der Waals surface area contributed by atoms with Crippen LogP contribution in [0.2, 0.25) is 0 Å². The molecular formula is C21H34N6OS. The van der Waals surface area contributed by atoms with Crippen LogP contribution in [0.5, 0.6) is 0 Å². The highest BCUT2D eigenvalue weighted by atomic mass is 32.2. The first-order valence-corrected chi connectivity index (χ1v) is 11.6. The maximum atomic E-state index is 11.7. The molecule has 1 aromatic heterocycles. The summed E-state index contributed by atoms with van der Waals surface area (Å²) >= 11 is 2.06. The maximum Gasteiger partial charge on any atom is 0.222 e. The lowest BCUT2D eigenvalue weighted by Gasteiger charge is -2.36. The molecule has 1 aromatic rings. The highest BCUT2D eigenvalue weighted by Gasteiger charge is 2.27. The van der Waals surface area contributed by atoms with Crippen molar-refractivity contribution in [3.05, 3.63) is 23.9 Å². The fraction of sp³-hybridized carbons (Fsp3) is 0.667. The van der Waals surface area contributed by atoms with Gasteiger partial charge in [0.25, 0.3) is 0 Å². The molecule has 2 atom stereocenters. The second-order valence-corrected chi connectivity index (χ2v) is 9.52. The number of guanidine groups is 1. The van der Waals surface area contributed by atoms with Crippen LogP contribution in [0.15, 0.2) is 23.3 Å². The van der Waals surface area contributed by atoms with E-state index in [-0.39, 0.29) is 11.8 Å². The highest BCUT2D eigenvalue weighted by molar-refractivity contribution is 8.00. The van der Waals surface area contributed by atoms with E-state index in [1.807, 2.05) is 19.3 Å². The summed E-state index contributed by atoms with van der Waals surface area (Å²) in [6.07, 6.45) is 3.64. The molecule has 2 saturated heterocycles. The van der Waals surface area contributed by atoms with Crippen molar-refractivity contribution in [3.8, 4) is 0 Å². The van der Waals surface area contributed by atoms with Gasteiger partial charge in [0.2, 0.25) is 5.91 Å². The number of rotatable bonds is 5. The smallest absolute Gasteiger partial charge is 0.222 e. The Morgan fingerprint density at radius 1 is 1.41 bits per heavy atom. The lowest BCUT2D eigenvalue weighted by atomic mass is 9.97. The standard InChI is InChI=1S/C21H34N6OS/c1-15(2)18-14-27(10-11-29-18)21(23-3)25-12-16-6-4-8-24-20(16)26-9-5-7-17(13-26)19(22)28/h4,6,8,15,17-18H,5,7,9-14H2,1-3H3,(H2,22,28)(H,23,25). The Morgan fingerprint density at radius 3 is 2.97 bits per heavy atom. The fourth-order valence-corrected chi connectivity index (χ4v) is 5.33. The number of nitrogens with one attached hydrogen (secondary N) is 1. The Kier molecular flexibility index (Phi) is 7.64. The molecule has 0 spiro atoms. The zero-order valence-electron chi connectivity index (χ0n) is 17.8. The molecule has 3 N–H and O–H groups in total. The van der Waals surface area contributed by atoms with Crippen LogP contribution in [0.1, 0.15) is 32.3 Å². The molecule has 8 heteroatoms. The number of hydrogen-bond acceptors (Lipinski definition) is 5. The van der Waals surface area contributed by atoms with Crippen molar-refractivity contribution in [1.29, 1.82) is 0 Å². The van der Waals surface area contributed by atoms with Crippen molar-refractivity contribution in [2.75, 3.05) is 43.9 Å². The molecule has 0 aromatic carbocycles. The van der Waals surface area contributed by atoms with Gasteiger partial charge in [0.15, 0.2) is 5.96 Å². The third-order valence-corrected chi connectivity index (χ3v) is 7.32. The van der Waals surface area contributed by atoms with Crippen LogP contribution in [-0.4, -0.2) is 66.0 Å². The number of thioether (sulfide) groups is 1. The normalized spacial score (nSPS) is 23.4. The Morgan fingerprint density at radius 2 is 2.24 bits per heavy atom. The van der Waals surface area contributed by atoms with Crippen LogP contribution < -0.4 is 16.0 Å². The predicted molar refractivity (Wildman–Crippen MR) is 121 cm³/mol. The first kappa shape index (κ1) is 21.7. The molecule has 0 saturated carbocycles. The third kappa shape index (κ3) is 5.56. The molecule has 29 heavy (non-hydrogen) atoms. The molecule has 2 aliphatic rings. The first-order chi connectivity index (χ1) is 14.0. The number of anilines is 1. The summed E-state index contributed by atoms with van der Waals surface area (Å²) in [6.45, 7) is 8.82. The van der Waals surface area contributed by atoms with Crippen LogP contribution in [0.4, 0.5) is 5.82 Å². The van der Waals surface area contributed by atoms with Crippen molar-refractivity contribution in [3.63, 3.8) is 0 Å². The van der Waals surface area contributed by atoms with Crippen LogP contribution in [-0.2, 0) is 11.3 Å². The lowest BCUT2D eigenvalue weighted by molar-refractivity contribution is -0.122. The topological polar surface area (TPSA) is 86.9 Å². The molecule has 7 nitrogen and oxygen atoms in total. The molecule has 0 radical (unpaired) electrons. The SMILES string of the molecule is CN=C(NCc1cccnc1N1CCCC(C(N)=O)C1)N1CCSC(C(C)C)C1. The first-order valence-electron chi connectivity index (χ1n) is 10.5. The van der Waals surface area contributed by atoms with E-state index in [2.05, 4.69) is 56.8 Å². The number of amides is 1. The average molecular weight is 419 g/mol. The Bertz CT molecular complexity index is 725. The summed E-state index contributed by atoms with van der Waals surface area (Å²) in [4.78, 5) is 25.4. The molecule has 3 rings (SSSR count). The Balaban J connectivity index is 1.67. The summed E-state index contributed by atoms with van der Waals surface area (Å²) in [5.41, 5.74) is 6.67. The van der Waals surface area contributed by atoms with Crippen LogP contribution in [0, 0.1) is 11.8 Å². The second kappa shape index (κ2) is 10.2. The number of nitrogens with zero attached hydrogens (tertiary/aromatic N) is 4. The van der Waals surface area contributed by atoms with Crippen molar-refractivity contribution < 1.29 is 4.79 Å². The van der Waals surface area contributed by atoms with E-state index >= 15 is 0 Å². The summed E-state index contributed by atoms with van der Waals surface area (Å²) in [6, 6.07) is 4.06. The van der Waals surface area contributed by atoms with Gasteiger partial charge in [0, 0.05) is 62.5 Å². The molecule has 160 valence electrons. The van der Waals surface area contributed by atoms with E-state index in [0.29, 0.717) is 24.3 Å². The largest absolute Gasteiger partial charge is 0.369 e. The monoisotopic (exact) mass is 418 g/mol. The number of carbonyl (C=O) groups excluding carboxylic acids is 1. The molecule has 2 unspecified atom stereocenters. The minimum atomic E-state index is -0.214. The van der Waals surface area contributed by atoms with Gasteiger partial charge in [-0.1, -0.05) is 19.9 Å². The van der Waals surface area contributed by atoms with Crippen LogP contribution >= 0.6 is 11.8 Å². The molecule has 3 heterocycles. The van der Waals surface area contributed by atoms with Crippen LogP contribution in [0.25, 0.3) is 0 Å². The van der Waals surface area contributed by atoms with E-state index in [1.54, 1.807) is 0 Å². The van der Waals surface area contributed by atoms with Gasteiger partial charge < -0.3 is 20.9 Å². The van der Waals surface area contributed by atoms with Gasteiger partial charge in [-0.15, -0.1) is 0 Å². The zero-order chi connectivity index (χ0) is 20.8. The van der Waals surface area contributed by atoms with E-state index in [0.717, 1.165) is 55.6 Å². The molecule has 0 bridgehead atoms. The van der Waals surface area contributed by atoms with Crippen molar-refractivity contribution in [2.24, 2.45) is 22.6 Å². The summed E-state index contributed by atoms with van der Waals surface area (Å²) < 4.78 is 0. The number of primary amides is 1. The molecule has 1 amide bonds. The number of carbonyl (C=O) groups is 1. The molecular weight excluding hydrogens is 384 g/mol. The summed E-state index contributed by atoms with van der Waals surface area (Å²) in [7, 11) is 1.85. The Hall–Kier alpha value is -1.96. The predicted octanol–water partition coefficient (Wildman–Crippen LogP) is 1.93. The van der Waals surface area contributed by atoms with Crippen LogP contribution in [0.3, 0.4) is 0 Å². The van der Waals surface area contributed by atoms with Crippen molar-refractivity contribution >= 4 is 29.4 Å². The quantitative estimate of drug-likeness (QED) is 0.561. The number of hydrogen-bond donors (Lipinski definition) is 2. The number of aromatic nitrogens is 1. The Labute approximate surface area is 178 Å². The number of aliphatic imine (C=N–C) groups is 1. The number of pyridine rings is 1. The van der Waals surface area contributed by atoms with Gasteiger partial charge in [-0.3, -0.25) is 9.79 Å². The maximum absolute atomic E-state index is 11.7. The van der Waals surface area contributed by atoms with Crippen molar-refractivity contribution in [2.45, 2.75) is 38.5 Å². The number of piperidine rings is 1. The van der Waals surface area contributed by atoms with E-state index in [1.165, 1.54) is 0 Å². The fourth-order valence-electron chi connectivity index (χ4n) is 4.03.